The molecule has 4 heterocycles. The highest BCUT2D eigenvalue weighted by molar-refractivity contribution is 5.92. The van der Waals surface area contributed by atoms with Crippen LogP contribution in [0.1, 0.15) is 21.7 Å². The number of hydrogen-bond donors (Lipinski definition) is 2. The van der Waals surface area contributed by atoms with Gasteiger partial charge in [0.1, 0.15) is 35.1 Å². The van der Waals surface area contributed by atoms with Crippen molar-refractivity contribution in [2.45, 2.75) is 6.54 Å². The van der Waals surface area contributed by atoms with Crippen LogP contribution in [0.4, 0.5) is 5.82 Å². The first-order valence-electron chi connectivity index (χ1n) is 10.3. The van der Waals surface area contributed by atoms with Crippen LogP contribution in [0.15, 0.2) is 73.3 Å². The summed E-state index contributed by atoms with van der Waals surface area (Å²) in [4.78, 5) is 33.5. The molecule has 0 saturated carbocycles. The van der Waals surface area contributed by atoms with E-state index in [2.05, 4.69) is 25.3 Å². The molecule has 0 atom stereocenters. The number of nitrogens with two attached hydrogens (primary N) is 1. The minimum absolute atomic E-state index is 0.135. The smallest absolute Gasteiger partial charge is 0.270 e. The number of rotatable bonds is 5. The van der Waals surface area contributed by atoms with Gasteiger partial charge in [-0.1, -0.05) is 12.1 Å². The van der Waals surface area contributed by atoms with Crippen LogP contribution >= 0.6 is 0 Å². The number of pyridine rings is 2. The summed E-state index contributed by atoms with van der Waals surface area (Å²) in [6.45, 7) is 0.288. The average molecular weight is 447 g/mol. The van der Waals surface area contributed by atoms with Crippen molar-refractivity contribution in [1.82, 2.24) is 34.8 Å². The van der Waals surface area contributed by atoms with Gasteiger partial charge in [-0.25, -0.2) is 24.9 Å². The molecule has 0 radical (unpaired) electrons. The van der Waals surface area contributed by atoms with E-state index < -0.39 is 0 Å². The number of imidazole rings is 1. The van der Waals surface area contributed by atoms with Crippen molar-refractivity contribution in [3.05, 3.63) is 90.3 Å². The molecular formula is C24H17N9O. The Morgan fingerprint density at radius 2 is 1.82 bits per heavy atom. The maximum absolute atomic E-state index is 12.4. The zero-order valence-electron chi connectivity index (χ0n) is 17.8. The Morgan fingerprint density at radius 3 is 2.62 bits per heavy atom. The molecule has 10 heteroatoms. The van der Waals surface area contributed by atoms with Gasteiger partial charge < -0.3 is 11.1 Å². The van der Waals surface area contributed by atoms with Gasteiger partial charge in [-0.3, -0.25) is 9.36 Å². The second kappa shape index (κ2) is 8.76. The van der Waals surface area contributed by atoms with Gasteiger partial charge in [0.05, 0.1) is 5.56 Å². The Bertz CT molecular complexity index is 1550. The lowest BCUT2D eigenvalue weighted by Crippen LogP contribution is -2.24. The quantitative estimate of drug-likeness (QED) is 0.418. The van der Waals surface area contributed by atoms with Crippen LogP contribution in [0.25, 0.3) is 28.2 Å². The Hall–Kier alpha value is -5.17. The molecule has 0 aliphatic rings. The molecule has 0 aliphatic carbocycles. The minimum atomic E-state index is -0.387. The normalized spacial score (nSPS) is 10.7. The number of fused-ring (bicyclic) bond motifs is 1. The molecular weight excluding hydrogens is 430 g/mol. The molecule has 164 valence electrons. The summed E-state index contributed by atoms with van der Waals surface area (Å²) in [5, 5.41) is 11.7. The topological polar surface area (TPSA) is 148 Å². The first-order valence-corrected chi connectivity index (χ1v) is 10.3. The SMILES string of the molecule is N#Cc1cc(C(=O)NCc2ccc(-n3c(-c4cccnc4N)nc4cccnc43)cc2)ncn1. The molecule has 0 unspecified atom stereocenters. The Kier molecular flexibility index (Phi) is 5.34. The van der Waals surface area contributed by atoms with Gasteiger partial charge in [-0.05, 0) is 42.0 Å². The van der Waals surface area contributed by atoms with Crippen molar-refractivity contribution in [2.75, 3.05) is 5.73 Å². The van der Waals surface area contributed by atoms with Crippen molar-refractivity contribution in [2.24, 2.45) is 0 Å². The zero-order valence-corrected chi connectivity index (χ0v) is 17.8. The third-order valence-electron chi connectivity index (χ3n) is 5.16. The lowest BCUT2D eigenvalue weighted by atomic mass is 10.2. The van der Waals surface area contributed by atoms with Crippen molar-refractivity contribution in [3.8, 4) is 23.1 Å². The van der Waals surface area contributed by atoms with Crippen molar-refractivity contribution < 1.29 is 4.79 Å². The number of anilines is 1. The van der Waals surface area contributed by atoms with E-state index >= 15 is 0 Å². The molecule has 0 saturated heterocycles. The lowest BCUT2D eigenvalue weighted by molar-refractivity contribution is 0.0945. The number of aromatic nitrogens is 6. The highest BCUT2D eigenvalue weighted by atomic mass is 16.1. The molecule has 0 fully saturated rings. The predicted molar refractivity (Wildman–Crippen MR) is 124 cm³/mol. The summed E-state index contributed by atoms with van der Waals surface area (Å²) >= 11 is 0. The van der Waals surface area contributed by atoms with E-state index in [9.17, 15) is 4.79 Å². The molecule has 5 aromatic rings. The second-order valence-corrected chi connectivity index (χ2v) is 7.30. The summed E-state index contributed by atoms with van der Waals surface area (Å²) in [5.74, 6) is 0.627. The summed E-state index contributed by atoms with van der Waals surface area (Å²) in [7, 11) is 0. The summed E-state index contributed by atoms with van der Waals surface area (Å²) in [6, 6.07) is 18.3. The number of amides is 1. The fourth-order valence-corrected chi connectivity index (χ4v) is 3.52. The maximum Gasteiger partial charge on any atom is 0.270 e. The summed E-state index contributed by atoms with van der Waals surface area (Å²) in [6.07, 6.45) is 4.54. The number of nitrogen functional groups attached to an aromatic ring is 1. The van der Waals surface area contributed by atoms with Crippen molar-refractivity contribution >= 4 is 22.9 Å². The number of nitriles is 1. The second-order valence-electron chi connectivity index (χ2n) is 7.30. The van der Waals surface area contributed by atoms with Crippen LogP contribution in [-0.2, 0) is 6.54 Å². The summed E-state index contributed by atoms with van der Waals surface area (Å²) < 4.78 is 1.93. The van der Waals surface area contributed by atoms with E-state index in [-0.39, 0.29) is 23.8 Å². The van der Waals surface area contributed by atoms with Crippen LogP contribution in [0.3, 0.4) is 0 Å². The molecule has 5 rings (SSSR count). The van der Waals surface area contributed by atoms with Gasteiger partial charge in [-0.15, -0.1) is 0 Å². The Labute approximate surface area is 193 Å². The largest absolute Gasteiger partial charge is 0.383 e. The van der Waals surface area contributed by atoms with Crippen LogP contribution in [0, 0.1) is 11.3 Å². The third kappa shape index (κ3) is 3.89. The summed E-state index contributed by atoms with van der Waals surface area (Å²) in [5.41, 5.74) is 10.3. The maximum atomic E-state index is 12.4. The highest BCUT2D eigenvalue weighted by Crippen LogP contribution is 2.30. The van der Waals surface area contributed by atoms with Gasteiger partial charge >= 0.3 is 0 Å². The van der Waals surface area contributed by atoms with Crippen LogP contribution in [0.2, 0.25) is 0 Å². The number of carbonyl (C=O) groups is 1. The molecule has 0 bridgehead atoms. The van der Waals surface area contributed by atoms with Crippen LogP contribution < -0.4 is 11.1 Å². The molecule has 1 aromatic carbocycles. The van der Waals surface area contributed by atoms with E-state index in [1.165, 1.54) is 12.4 Å². The fourth-order valence-electron chi connectivity index (χ4n) is 3.52. The molecule has 3 N–H and O–H groups in total. The van der Waals surface area contributed by atoms with Gasteiger partial charge in [0.15, 0.2) is 11.5 Å². The molecule has 4 aromatic heterocycles. The monoisotopic (exact) mass is 447 g/mol. The van der Waals surface area contributed by atoms with E-state index in [0.29, 0.717) is 22.9 Å². The van der Waals surface area contributed by atoms with E-state index in [1.807, 2.05) is 59.2 Å². The lowest BCUT2D eigenvalue weighted by Gasteiger charge is -2.11. The van der Waals surface area contributed by atoms with E-state index in [1.54, 1.807) is 12.4 Å². The average Bonchev–Trinajstić information content (AvgIpc) is 3.27. The minimum Gasteiger partial charge on any atom is -0.383 e. The van der Waals surface area contributed by atoms with E-state index in [0.717, 1.165) is 16.8 Å². The number of carbonyl (C=O) groups excluding carboxylic acids is 1. The fraction of sp³-hybridized carbons (Fsp3) is 0.0417. The number of hydrogen-bond acceptors (Lipinski definition) is 8. The molecule has 10 nitrogen and oxygen atoms in total. The van der Waals surface area contributed by atoms with Gasteiger partial charge in [-0.2, -0.15) is 5.26 Å². The van der Waals surface area contributed by atoms with Gasteiger partial charge in [0.2, 0.25) is 0 Å². The van der Waals surface area contributed by atoms with Gasteiger partial charge in [0, 0.05) is 30.7 Å². The number of nitrogens with zero attached hydrogens (tertiary/aromatic N) is 7. The first kappa shape index (κ1) is 20.7. The predicted octanol–water partition coefficient (Wildman–Crippen LogP) is 2.66. The first-order chi connectivity index (χ1) is 16.6. The van der Waals surface area contributed by atoms with Crippen LogP contribution in [-0.4, -0.2) is 35.4 Å². The third-order valence-corrected chi connectivity index (χ3v) is 5.16. The number of nitrogens with one attached hydrogen (secondary N) is 1. The van der Waals surface area contributed by atoms with E-state index in [4.69, 9.17) is 16.0 Å². The van der Waals surface area contributed by atoms with Crippen LogP contribution in [0.5, 0.6) is 0 Å². The standard InChI is InChI=1S/C24H17N9O/c25-12-16-11-20(31-14-30-16)24(34)29-13-15-5-7-17(8-6-15)33-22(18-3-1-9-27-21(18)26)32-19-4-2-10-28-23(19)33/h1-11,14H,13H2,(H2,26,27)(H,29,34). The Balaban J connectivity index is 1.43. The zero-order chi connectivity index (χ0) is 23.5. The Morgan fingerprint density at radius 1 is 1.03 bits per heavy atom. The molecule has 34 heavy (non-hydrogen) atoms. The van der Waals surface area contributed by atoms with Crippen molar-refractivity contribution in [1.29, 1.82) is 5.26 Å². The van der Waals surface area contributed by atoms with Crippen molar-refractivity contribution in [3.63, 3.8) is 0 Å². The number of benzene rings is 1. The molecule has 0 spiro atoms. The molecule has 0 aliphatic heterocycles. The molecule has 1 amide bonds. The van der Waals surface area contributed by atoms with Gasteiger partial charge in [0.25, 0.3) is 5.91 Å². The highest BCUT2D eigenvalue weighted by Gasteiger charge is 2.17.